The Kier molecular flexibility index (Phi) is 6.72. The van der Waals surface area contributed by atoms with Gasteiger partial charge in [-0.25, -0.2) is 4.79 Å². The minimum Gasteiger partial charge on any atom is -0.444 e. The Morgan fingerprint density at radius 3 is 2.61 bits per heavy atom. The van der Waals surface area contributed by atoms with Crippen molar-refractivity contribution in [1.29, 1.82) is 0 Å². The van der Waals surface area contributed by atoms with Gasteiger partial charge in [0.1, 0.15) is 5.60 Å². The zero-order valence-corrected chi connectivity index (χ0v) is 15.1. The summed E-state index contributed by atoms with van der Waals surface area (Å²) in [5, 5.41) is 2.86. The number of carbonyl (C=O) groups excluding carboxylic acids is 1. The van der Waals surface area contributed by atoms with Crippen molar-refractivity contribution in [2.75, 3.05) is 26.2 Å². The summed E-state index contributed by atoms with van der Waals surface area (Å²) in [5.74, 6) is 1.81. The van der Waals surface area contributed by atoms with Gasteiger partial charge in [-0.1, -0.05) is 19.3 Å². The first kappa shape index (κ1) is 18.5. The molecule has 23 heavy (non-hydrogen) atoms. The van der Waals surface area contributed by atoms with Crippen LogP contribution in [0.4, 0.5) is 4.79 Å². The number of alkyl carbamates (subject to hydrolysis) is 1. The largest absolute Gasteiger partial charge is 0.444 e. The number of fused-ring (bicyclic) bond motifs is 1. The predicted octanol–water partition coefficient (Wildman–Crippen LogP) is 2.74. The zero-order valence-electron chi connectivity index (χ0n) is 15.1. The number of piperidine rings is 1. The van der Waals surface area contributed by atoms with Crippen LogP contribution in [-0.2, 0) is 4.74 Å². The number of hydrogen-bond acceptors (Lipinski definition) is 4. The first-order valence-electron chi connectivity index (χ1n) is 9.30. The highest BCUT2D eigenvalue weighted by atomic mass is 16.6. The van der Waals surface area contributed by atoms with Crippen LogP contribution in [0, 0.1) is 11.8 Å². The number of likely N-dealkylation sites (tertiary alicyclic amines) is 1. The molecule has 0 radical (unpaired) electrons. The first-order chi connectivity index (χ1) is 10.9. The maximum Gasteiger partial charge on any atom is 0.407 e. The summed E-state index contributed by atoms with van der Waals surface area (Å²) in [6.45, 7) is 9.28. The highest BCUT2D eigenvalue weighted by Crippen LogP contribution is 2.36. The third kappa shape index (κ3) is 5.96. The fourth-order valence-electron chi connectivity index (χ4n) is 4.07. The molecule has 1 saturated carbocycles. The summed E-state index contributed by atoms with van der Waals surface area (Å²) >= 11 is 0. The van der Waals surface area contributed by atoms with E-state index in [1.54, 1.807) is 0 Å². The van der Waals surface area contributed by atoms with Gasteiger partial charge < -0.3 is 15.8 Å². The number of nitrogens with zero attached hydrogens (tertiary/aromatic N) is 1. The van der Waals surface area contributed by atoms with E-state index in [4.69, 9.17) is 10.5 Å². The average Bonchev–Trinajstić information content (AvgIpc) is 2.49. The number of hydrogen-bond donors (Lipinski definition) is 2. The number of nitrogens with two attached hydrogens (primary N) is 1. The Morgan fingerprint density at radius 2 is 1.96 bits per heavy atom. The highest BCUT2D eigenvalue weighted by Gasteiger charge is 2.33. The van der Waals surface area contributed by atoms with Crippen LogP contribution in [0.2, 0.25) is 0 Å². The monoisotopic (exact) mass is 325 g/mol. The van der Waals surface area contributed by atoms with Crippen LogP contribution < -0.4 is 11.1 Å². The minimum absolute atomic E-state index is 0.334. The van der Waals surface area contributed by atoms with Crippen molar-refractivity contribution in [1.82, 2.24) is 10.2 Å². The molecular weight excluding hydrogens is 290 g/mol. The lowest BCUT2D eigenvalue weighted by Crippen LogP contribution is -2.50. The van der Waals surface area contributed by atoms with E-state index < -0.39 is 5.60 Å². The minimum atomic E-state index is -0.444. The average molecular weight is 325 g/mol. The number of nitrogens with one attached hydrogen (secondary N) is 1. The third-order valence-corrected chi connectivity index (χ3v) is 5.26. The van der Waals surface area contributed by atoms with Gasteiger partial charge in [-0.05, 0) is 58.4 Å². The zero-order chi connectivity index (χ0) is 16.9. The van der Waals surface area contributed by atoms with Gasteiger partial charge in [-0.2, -0.15) is 0 Å². The molecule has 0 spiro atoms. The van der Waals surface area contributed by atoms with E-state index in [2.05, 4.69) is 10.2 Å². The lowest BCUT2D eigenvalue weighted by atomic mass is 9.75. The molecule has 0 aromatic carbocycles. The van der Waals surface area contributed by atoms with Gasteiger partial charge in [0, 0.05) is 25.7 Å². The molecule has 134 valence electrons. The Labute approximate surface area is 141 Å². The normalized spacial score (nSPS) is 27.1. The van der Waals surface area contributed by atoms with Gasteiger partial charge in [-0.15, -0.1) is 0 Å². The van der Waals surface area contributed by atoms with Crippen molar-refractivity contribution in [3.63, 3.8) is 0 Å². The van der Waals surface area contributed by atoms with Crippen molar-refractivity contribution >= 4 is 6.09 Å². The van der Waals surface area contributed by atoms with Crippen LogP contribution in [0.5, 0.6) is 0 Å². The molecule has 0 bridgehead atoms. The van der Waals surface area contributed by atoms with E-state index in [1.807, 2.05) is 20.8 Å². The van der Waals surface area contributed by atoms with Crippen molar-refractivity contribution in [3.8, 4) is 0 Å². The predicted molar refractivity (Wildman–Crippen MR) is 93.3 cm³/mol. The maximum absolute atomic E-state index is 11.7. The van der Waals surface area contributed by atoms with Crippen molar-refractivity contribution in [2.45, 2.75) is 70.9 Å². The quantitative estimate of drug-likeness (QED) is 0.815. The van der Waals surface area contributed by atoms with Gasteiger partial charge in [0.2, 0.25) is 0 Å². The Hall–Kier alpha value is -0.810. The number of ether oxygens (including phenoxy) is 1. The molecule has 1 aliphatic carbocycles. The molecule has 5 heteroatoms. The Morgan fingerprint density at radius 1 is 1.26 bits per heavy atom. The van der Waals surface area contributed by atoms with Crippen LogP contribution >= 0.6 is 0 Å². The second-order valence-corrected chi connectivity index (χ2v) is 8.20. The topological polar surface area (TPSA) is 67.6 Å². The maximum atomic E-state index is 11.7. The van der Waals surface area contributed by atoms with E-state index in [1.165, 1.54) is 38.6 Å². The highest BCUT2D eigenvalue weighted by molar-refractivity contribution is 5.67. The van der Waals surface area contributed by atoms with Crippen molar-refractivity contribution in [2.24, 2.45) is 17.6 Å². The third-order valence-electron chi connectivity index (χ3n) is 5.26. The Bertz CT molecular complexity index is 381. The first-order valence-corrected chi connectivity index (χ1v) is 9.30. The fourth-order valence-corrected chi connectivity index (χ4v) is 4.07. The van der Waals surface area contributed by atoms with Gasteiger partial charge in [-0.3, -0.25) is 4.90 Å². The van der Waals surface area contributed by atoms with Crippen molar-refractivity contribution < 1.29 is 9.53 Å². The standard InChI is InChI=1S/C18H35N3O2/c1-18(2,3)23-17(22)20-10-8-16(12-19)21-11-9-14-6-4-5-7-15(14)13-21/h14-16H,4-13,19H2,1-3H3,(H,20,22). The molecule has 1 heterocycles. The summed E-state index contributed by atoms with van der Waals surface area (Å²) in [6, 6.07) is 0.368. The summed E-state index contributed by atoms with van der Waals surface area (Å²) in [5.41, 5.74) is 5.56. The van der Waals surface area contributed by atoms with Crippen LogP contribution in [0.15, 0.2) is 0 Å². The van der Waals surface area contributed by atoms with Crippen LogP contribution in [0.3, 0.4) is 0 Å². The summed E-state index contributed by atoms with van der Waals surface area (Å²) < 4.78 is 5.27. The summed E-state index contributed by atoms with van der Waals surface area (Å²) in [6.07, 6.45) is 7.50. The second-order valence-electron chi connectivity index (χ2n) is 8.20. The lowest BCUT2D eigenvalue weighted by molar-refractivity contribution is 0.0477. The van der Waals surface area contributed by atoms with Crippen LogP contribution in [0.1, 0.15) is 59.3 Å². The lowest BCUT2D eigenvalue weighted by Gasteiger charge is -2.44. The van der Waals surface area contributed by atoms with Gasteiger partial charge in [0.25, 0.3) is 0 Å². The molecule has 1 aliphatic heterocycles. The molecule has 1 saturated heterocycles. The molecule has 0 aromatic rings. The molecule has 1 amide bonds. The second kappa shape index (κ2) is 8.34. The van der Waals surface area contributed by atoms with Gasteiger partial charge in [0.15, 0.2) is 0 Å². The molecule has 3 atom stereocenters. The SMILES string of the molecule is CC(C)(C)OC(=O)NCCC(CN)N1CCC2CCCCC2C1. The molecule has 2 rings (SSSR count). The molecule has 0 aromatic heterocycles. The van der Waals surface area contributed by atoms with Crippen LogP contribution in [0.25, 0.3) is 0 Å². The number of rotatable bonds is 5. The van der Waals surface area contributed by atoms with E-state index >= 15 is 0 Å². The summed E-state index contributed by atoms with van der Waals surface area (Å²) in [7, 11) is 0. The van der Waals surface area contributed by atoms with E-state index in [-0.39, 0.29) is 6.09 Å². The molecule has 5 nitrogen and oxygen atoms in total. The molecule has 2 fully saturated rings. The Balaban J connectivity index is 1.73. The fraction of sp³-hybridized carbons (Fsp3) is 0.944. The van der Waals surface area contributed by atoms with E-state index in [9.17, 15) is 4.79 Å². The van der Waals surface area contributed by atoms with Crippen molar-refractivity contribution in [3.05, 3.63) is 0 Å². The van der Waals surface area contributed by atoms with Gasteiger partial charge >= 0.3 is 6.09 Å². The molecule has 2 aliphatic rings. The molecule has 3 N–H and O–H groups in total. The number of amides is 1. The van der Waals surface area contributed by atoms with Gasteiger partial charge in [0.05, 0.1) is 0 Å². The van der Waals surface area contributed by atoms with E-state index in [0.717, 1.165) is 24.8 Å². The summed E-state index contributed by atoms with van der Waals surface area (Å²) in [4.78, 5) is 14.3. The molecule has 3 unspecified atom stereocenters. The number of carbonyl (C=O) groups is 1. The van der Waals surface area contributed by atoms with Crippen LogP contribution in [-0.4, -0.2) is 48.8 Å². The van der Waals surface area contributed by atoms with E-state index in [0.29, 0.717) is 19.1 Å². The molecular formula is C18H35N3O2. The smallest absolute Gasteiger partial charge is 0.407 e.